The minimum atomic E-state index is -2.69. The summed E-state index contributed by atoms with van der Waals surface area (Å²) in [6.07, 6.45) is 0. The summed E-state index contributed by atoms with van der Waals surface area (Å²) in [7, 11) is -2.69. The average Bonchev–Trinajstić information content (AvgIpc) is 1.94. The fraction of sp³-hybridized carbons (Fsp3) is 0.143. The third-order valence-corrected chi connectivity index (χ3v) is 1.03. The van der Waals surface area contributed by atoms with Crippen LogP contribution in [0.4, 0.5) is 4.39 Å². The number of aromatic hydroxyl groups is 1. The van der Waals surface area contributed by atoms with Gasteiger partial charge < -0.3 is 9.84 Å². The van der Waals surface area contributed by atoms with Crippen molar-refractivity contribution in [2.45, 2.75) is 0 Å². The van der Waals surface area contributed by atoms with Gasteiger partial charge in [-0.25, -0.2) is 4.39 Å². The van der Waals surface area contributed by atoms with Crippen molar-refractivity contribution in [3.63, 3.8) is 0 Å². The standard InChI is InChI=1S/C7H7FO2/c1-10-7-4-5(8)2-3-6(7)9/h2-4,9H,1H3/i1D3. The molecule has 0 heterocycles. The number of phenolic OH excluding ortho intramolecular Hbond substituents is 1. The minimum absolute atomic E-state index is 0.389. The number of methoxy groups -OCH3 is 1. The van der Waals surface area contributed by atoms with Gasteiger partial charge in [0.05, 0.1) is 11.2 Å². The quantitative estimate of drug-likeness (QED) is 0.649. The number of benzene rings is 1. The maximum Gasteiger partial charge on any atom is 0.163 e. The number of halogens is 1. The molecule has 0 saturated carbocycles. The Labute approximate surface area is 62.1 Å². The van der Waals surface area contributed by atoms with E-state index in [0.29, 0.717) is 0 Å². The summed E-state index contributed by atoms with van der Waals surface area (Å²) in [5, 5.41) is 9.06. The highest BCUT2D eigenvalue weighted by Gasteiger charge is 2.00. The highest BCUT2D eigenvalue weighted by molar-refractivity contribution is 5.38. The van der Waals surface area contributed by atoms with Crippen molar-refractivity contribution in [1.29, 1.82) is 0 Å². The molecule has 0 saturated heterocycles. The fourth-order valence-corrected chi connectivity index (χ4v) is 0.570. The Morgan fingerprint density at radius 2 is 2.50 bits per heavy atom. The van der Waals surface area contributed by atoms with Crippen LogP contribution in [0.25, 0.3) is 0 Å². The third-order valence-electron chi connectivity index (χ3n) is 1.03. The number of phenols is 1. The zero-order chi connectivity index (χ0) is 10.1. The zero-order valence-electron chi connectivity index (χ0n) is 7.97. The molecule has 0 aliphatic heterocycles. The van der Waals surface area contributed by atoms with Crippen molar-refractivity contribution >= 4 is 0 Å². The lowest BCUT2D eigenvalue weighted by Gasteiger charge is -2.00. The molecule has 1 N–H and O–H groups in total. The second-order valence-corrected chi connectivity index (χ2v) is 1.71. The van der Waals surface area contributed by atoms with Crippen LogP contribution in [0.15, 0.2) is 18.2 Å². The molecule has 0 atom stereocenters. The van der Waals surface area contributed by atoms with Gasteiger partial charge in [-0.1, -0.05) is 0 Å². The van der Waals surface area contributed by atoms with Crippen molar-refractivity contribution < 1.29 is 18.3 Å². The molecule has 0 aromatic heterocycles. The molecule has 1 rings (SSSR count). The van der Waals surface area contributed by atoms with Crippen LogP contribution < -0.4 is 4.74 Å². The van der Waals surface area contributed by atoms with Crippen molar-refractivity contribution in [3.8, 4) is 11.5 Å². The third kappa shape index (κ3) is 1.18. The summed E-state index contributed by atoms with van der Waals surface area (Å²) < 4.78 is 37.0. The van der Waals surface area contributed by atoms with Gasteiger partial charge in [0.1, 0.15) is 5.82 Å². The van der Waals surface area contributed by atoms with E-state index in [1.807, 2.05) is 0 Å². The molecule has 0 amide bonds. The lowest BCUT2D eigenvalue weighted by Crippen LogP contribution is -1.83. The van der Waals surface area contributed by atoms with Crippen molar-refractivity contribution in [2.75, 3.05) is 7.04 Å². The van der Waals surface area contributed by atoms with Crippen molar-refractivity contribution in [2.24, 2.45) is 0 Å². The molecule has 2 nitrogen and oxygen atoms in total. The normalized spacial score (nSPS) is 15.1. The van der Waals surface area contributed by atoms with Gasteiger partial charge >= 0.3 is 0 Å². The van der Waals surface area contributed by atoms with Crippen LogP contribution in [-0.4, -0.2) is 12.1 Å². The van der Waals surface area contributed by atoms with Gasteiger partial charge in [0.25, 0.3) is 0 Å². The average molecular weight is 145 g/mol. The maximum atomic E-state index is 12.5. The van der Waals surface area contributed by atoms with Crippen LogP contribution in [0.3, 0.4) is 0 Å². The van der Waals surface area contributed by atoms with Crippen molar-refractivity contribution in [3.05, 3.63) is 24.0 Å². The molecule has 54 valence electrons. The number of hydrogen-bond donors (Lipinski definition) is 1. The lowest BCUT2D eigenvalue weighted by molar-refractivity contribution is 0.370. The van der Waals surface area contributed by atoms with E-state index in [9.17, 15) is 4.39 Å². The van der Waals surface area contributed by atoms with Gasteiger partial charge in [0.2, 0.25) is 0 Å². The predicted octanol–water partition coefficient (Wildman–Crippen LogP) is 1.54. The summed E-state index contributed by atoms with van der Waals surface area (Å²) >= 11 is 0. The fourth-order valence-electron chi connectivity index (χ4n) is 0.570. The molecule has 0 spiro atoms. The predicted molar refractivity (Wildman–Crippen MR) is 34.6 cm³/mol. The highest BCUT2D eigenvalue weighted by Crippen LogP contribution is 2.25. The molecule has 1 aromatic carbocycles. The molecule has 10 heavy (non-hydrogen) atoms. The summed E-state index contributed by atoms with van der Waals surface area (Å²) in [4.78, 5) is 0. The SMILES string of the molecule is [2H]C([2H])([2H])Oc1cc(F)ccc1O. The van der Waals surface area contributed by atoms with Gasteiger partial charge in [-0.05, 0) is 12.1 Å². The van der Waals surface area contributed by atoms with E-state index < -0.39 is 18.6 Å². The second kappa shape index (κ2) is 2.56. The van der Waals surface area contributed by atoms with Gasteiger partial charge in [0.15, 0.2) is 11.5 Å². The molecular weight excluding hydrogens is 135 g/mol. The summed E-state index contributed by atoms with van der Waals surface area (Å²) in [6, 6.07) is 2.83. The first-order chi connectivity index (χ1) is 5.88. The topological polar surface area (TPSA) is 29.5 Å². The summed E-state index contributed by atoms with van der Waals surface area (Å²) in [6.45, 7) is 0. The highest BCUT2D eigenvalue weighted by atomic mass is 19.1. The van der Waals surface area contributed by atoms with Crippen molar-refractivity contribution in [1.82, 2.24) is 0 Å². The van der Waals surface area contributed by atoms with E-state index in [4.69, 9.17) is 9.22 Å². The van der Waals surface area contributed by atoms with Gasteiger partial charge in [-0.15, -0.1) is 0 Å². The maximum absolute atomic E-state index is 12.5. The smallest absolute Gasteiger partial charge is 0.163 e. The molecule has 0 aliphatic carbocycles. The Bertz CT molecular complexity index is 311. The molecule has 3 heteroatoms. The van der Waals surface area contributed by atoms with Crippen LogP contribution in [0.1, 0.15) is 4.11 Å². The Kier molecular flexibility index (Phi) is 0.974. The van der Waals surface area contributed by atoms with Crippen LogP contribution in [0, 0.1) is 5.82 Å². The van der Waals surface area contributed by atoms with E-state index in [-0.39, 0.29) is 5.75 Å². The van der Waals surface area contributed by atoms with E-state index in [1.54, 1.807) is 0 Å². The second-order valence-electron chi connectivity index (χ2n) is 1.71. The Morgan fingerprint density at radius 3 is 3.20 bits per heavy atom. The first-order valence-corrected chi connectivity index (χ1v) is 2.56. The first kappa shape index (κ1) is 3.81. The number of rotatable bonds is 1. The first-order valence-electron chi connectivity index (χ1n) is 4.06. The van der Waals surface area contributed by atoms with Gasteiger partial charge in [-0.2, -0.15) is 0 Å². The largest absolute Gasteiger partial charge is 0.504 e. The molecular formula is C7H7FO2. The molecule has 0 aliphatic rings. The number of ether oxygens (including phenoxy) is 1. The molecule has 0 fully saturated rings. The van der Waals surface area contributed by atoms with Gasteiger partial charge in [-0.3, -0.25) is 0 Å². The van der Waals surface area contributed by atoms with Gasteiger partial charge in [0, 0.05) is 6.07 Å². The Morgan fingerprint density at radius 1 is 1.70 bits per heavy atom. The van der Waals surface area contributed by atoms with Crippen LogP contribution >= 0.6 is 0 Å². The Hall–Kier alpha value is -1.25. The summed E-state index contributed by atoms with van der Waals surface area (Å²) in [5.41, 5.74) is 0. The molecule has 0 radical (unpaired) electrons. The number of hydrogen-bond acceptors (Lipinski definition) is 2. The molecule has 0 bridgehead atoms. The minimum Gasteiger partial charge on any atom is -0.504 e. The van der Waals surface area contributed by atoms with E-state index >= 15 is 0 Å². The molecule has 0 unspecified atom stereocenters. The van der Waals surface area contributed by atoms with E-state index in [1.165, 1.54) is 0 Å². The monoisotopic (exact) mass is 145 g/mol. The van der Waals surface area contributed by atoms with E-state index in [0.717, 1.165) is 18.2 Å². The summed E-state index contributed by atoms with van der Waals surface area (Å²) in [5.74, 6) is -1.46. The van der Waals surface area contributed by atoms with Crippen LogP contribution in [-0.2, 0) is 0 Å². The lowest BCUT2D eigenvalue weighted by atomic mass is 10.3. The Balaban J connectivity index is 2.94. The van der Waals surface area contributed by atoms with E-state index in [2.05, 4.69) is 4.74 Å². The molecule has 1 aromatic rings. The zero-order valence-corrected chi connectivity index (χ0v) is 4.97. The van der Waals surface area contributed by atoms with Crippen LogP contribution in [0.5, 0.6) is 11.5 Å². The van der Waals surface area contributed by atoms with Crippen LogP contribution in [0.2, 0.25) is 0 Å².